The van der Waals surface area contributed by atoms with Gasteiger partial charge in [-0.2, -0.15) is 0 Å². The van der Waals surface area contributed by atoms with Crippen molar-refractivity contribution in [3.05, 3.63) is 241 Å². The van der Waals surface area contributed by atoms with Crippen molar-refractivity contribution in [2.24, 2.45) is 0 Å². The Morgan fingerprint density at radius 1 is 0.281 bits per heavy atom. The van der Waals surface area contributed by atoms with Crippen LogP contribution in [0, 0.1) is 0 Å². The number of aromatic nitrogens is 2. The zero-order valence-electron chi connectivity index (χ0n) is 31.2. The van der Waals surface area contributed by atoms with Crippen LogP contribution in [0.3, 0.4) is 0 Å². The second-order valence-corrected chi connectivity index (χ2v) is 15.3. The van der Waals surface area contributed by atoms with Crippen LogP contribution in [0.5, 0.6) is 0 Å². The summed E-state index contributed by atoms with van der Waals surface area (Å²) in [4.78, 5) is 0. The van der Waals surface area contributed by atoms with Crippen molar-refractivity contribution < 1.29 is 0 Å². The third-order valence-electron chi connectivity index (χ3n) is 12.4. The van der Waals surface area contributed by atoms with E-state index >= 15 is 0 Å². The molecule has 2 aromatic heterocycles. The molecular formula is C55H36N2. The number of rotatable bonds is 5. The van der Waals surface area contributed by atoms with E-state index in [2.05, 4.69) is 228 Å². The van der Waals surface area contributed by atoms with E-state index in [1.54, 1.807) is 0 Å². The van der Waals surface area contributed by atoms with Gasteiger partial charge in [-0.3, -0.25) is 0 Å². The van der Waals surface area contributed by atoms with Gasteiger partial charge in [0.2, 0.25) is 0 Å². The Balaban J connectivity index is 1.04. The molecule has 266 valence electrons. The lowest BCUT2D eigenvalue weighted by molar-refractivity contribution is 0.768. The van der Waals surface area contributed by atoms with Gasteiger partial charge in [-0.05, 0) is 99.1 Å². The first-order valence-electron chi connectivity index (χ1n) is 19.8. The van der Waals surface area contributed by atoms with Crippen LogP contribution in [-0.4, -0.2) is 9.13 Å². The number of hydrogen-bond acceptors (Lipinski definition) is 0. The molecule has 0 saturated carbocycles. The highest BCUT2D eigenvalue weighted by molar-refractivity contribution is 6.12. The maximum atomic E-state index is 2.45. The summed E-state index contributed by atoms with van der Waals surface area (Å²) >= 11 is 0. The van der Waals surface area contributed by atoms with Crippen molar-refractivity contribution in [2.45, 2.75) is 5.41 Å². The van der Waals surface area contributed by atoms with Gasteiger partial charge in [0.05, 0.1) is 27.5 Å². The molecule has 1 aliphatic carbocycles. The van der Waals surface area contributed by atoms with E-state index in [9.17, 15) is 0 Å². The molecule has 11 aromatic rings. The summed E-state index contributed by atoms with van der Waals surface area (Å²) in [5, 5.41) is 5.02. The first kappa shape index (κ1) is 31.9. The molecule has 2 heteroatoms. The fourth-order valence-electron chi connectivity index (χ4n) is 10.0. The Kier molecular flexibility index (Phi) is 6.88. The molecule has 2 heterocycles. The Hall–Kier alpha value is -7.42. The van der Waals surface area contributed by atoms with Crippen LogP contribution in [0.1, 0.15) is 22.3 Å². The smallest absolute Gasteiger partial charge is 0.0713 e. The second kappa shape index (κ2) is 12.3. The van der Waals surface area contributed by atoms with Crippen LogP contribution < -0.4 is 0 Å². The molecular weight excluding hydrogens is 689 g/mol. The van der Waals surface area contributed by atoms with Gasteiger partial charge in [0.25, 0.3) is 0 Å². The molecule has 0 spiro atoms. The molecule has 0 N–H and O–H groups in total. The molecule has 2 nitrogen and oxygen atoms in total. The van der Waals surface area contributed by atoms with Crippen molar-refractivity contribution in [1.82, 2.24) is 9.13 Å². The van der Waals surface area contributed by atoms with Crippen LogP contribution in [0.4, 0.5) is 0 Å². The molecule has 12 rings (SSSR count). The zero-order valence-corrected chi connectivity index (χ0v) is 31.2. The van der Waals surface area contributed by atoms with E-state index < -0.39 is 5.41 Å². The maximum Gasteiger partial charge on any atom is 0.0713 e. The summed E-state index contributed by atoms with van der Waals surface area (Å²) in [6, 6.07) is 80.5. The summed E-state index contributed by atoms with van der Waals surface area (Å²) in [5.74, 6) is 0. The van der Waals surface area contributed by atoms with E-state index in [1.807, 2.05) is 0 Å². The number of para-hydroxylation sites is 3. The average molecular weight is 725 g/mol. The Bertz CT molecular complexity index is 3280. The highest BCUT2D eigenvalue weighted by Crippen LogP contribution is 2.56. The maximum absolute atomic E-state index is 2.45. The van der Waals surface area contributed by atoms with E-state index in [4.69, 9.17) is 0 Å². The molecule has 0 unspecified atom stereocenters. The number of nitrogens with zero attached hydrogens (tertiary/aromatic N) is 2. The standard InChI is InChI=1S/C55H36N2/c1-3-15-39(16-4-1)55(49-23-11-7-19-43(49)44-20-8-12-24-50(44)55)40-29-31-42(32-30-40)57-51-25-13-9-21-45(51)47-33-27-38(36-54(47)57)37-28-34-53-48(35-37)46-22-10-14-26-52(46)56(53)41-17-5-2-6-18-41/h1-36H. The fourth-order valence-corrected chi connectivity index (χ4v) is 10.0. The molecule has 0 radical (unpaired) electrons. The Morgan fingerprint density at radius 2 is 0.737 bits per heavy atom. The summed E-state index contributed by atoms with van der Waals surface area (Å²) in [7, 11) is 0. The highest BCUT2D eigenvalue weighted by Gasteiger charge is 2.45. The minimum absolute atomic E-state index is 0.427. The van der Waals surface area contributed by atoms with Gasteiger partial charge in [0, 0.05) is 32.9 Å². The number of hydrogen-bond donors (Lipinski definition) is 0. The topological polar surface area (TPSA) is 9.86 Å². The van der Waals surface area contributed by atoms with Crippen LogP contribution >= 0.6 is 0 Å². The normalized spacial score (nSPS) is 13.1. The van der Waals surface area contributed by atoms with E-state index in [1.165, 1.54) is 93.8 Å². The van der Waals surface area contributed by atoms with Gasteiger partial charge in [0.15, 0.2) is 0 Å². The number of benzene rings is 9. The lowest BCUT2D eigenvalue weighted by Gasteiger charge is -2.34. The lowest BCUT2D eigenvalue weighted by atomic mass is 9.68. The molecule has 0 amide bonds. The highest BCUT2D eigenvalue weighted by atomic mass is 15.0. The summed E-state index contributed by atoms with van der Waals surface area (Å²) < 4.78 is 4.83. The molecule has 57 heavy (non-hydrogen) atoms. The summed E-state index contributed by atoms with van der Waals surface area (Å²) in [5.41, 5.74) is 16.9. The molecule has 0 fully saturated rings. The first-order chi connectivity index (χ1) is 28.3. The van der Waals surface area contributed by atoms with Crippen LogP contribution in [0.15, 0.2) is 218 Å². The van der Waals surface area contributed by atoms with Crippen LogP contribution in [0.2, 0.25) is 0 Å². The van der Waals surface area contributed by atoms with Crippen LogP contribution in [-0.2, 0) is 5.41 Å². The van der Waals surface area contributed by atoms with Crippen molar-refractivity contribution in [3.63, 3.8) is 0 Å². The van der Waals surface area contributed by atoms with Gasteiger partial charge < -0.3 is 9.13 Å². The fraction of sp³-hybridized carbons (Fsp3) is 0.0182. The van der Waals surface area contributed by atoms with Crippen molar-refractivity contribution in [2.75, 3.05) is 0 Å². The van der Waals surface area contributed by atoms with Crippen molar-refractivity contribution >= 4 is 43.6 Å². The Labute approximate surface area is 331 Å². The third kappa shape index (κ3) is 4.53. The molecule has 0 bridgehead atoms. The monoisotopic (exact) mass is 724 g/mol. The SMILES string of the molecule is c1ccc(-n2c3ccccc3c3cc(-c4ccc5c6ccccc6n(-c6ccc(C7(c8ccccc8)c8ccccc8-c8ccccc87)cc6)c5c4)ccc32)cc1. The quantitative estimate of drug-likeness (QED) is 0.167. The molecule has 9 aromatic carbocycles. The van der Waals surface area contributed by atoms with Gasteiger partial charge in [0.1, 0.15) is 0 Å². The predicted octanol–water partition coefficient (Wildman–Crippen LogP) is 13.9. The summed E-state index contributed by atoms with van der Waals surface area (Å²) in [6.07, 6.45) is 0. The molecule has 0 atom stereocenters. The third-order valence-corrected chi connectivity index (χ3v) is 12.4. The minimum Gasteiger partial charge on any atom is -0.309 e. The van der Waals surface area contributed by atoms with Gasteiger partial charge in [-0.1, -0.05) is 164 Å². The van der Waals surface area contributed by atoms with E-state index in [0.717, 1.165) is 5.69 Å². The number of fused-ring (bicyclic) bond motifs is 9. The summed E-state index contributed by atoms with van der Waals surface area (Å²) in [6.45, 7) is 0. The van der Waals surface area contributed by atoms with Gasteiger partial charge >= 0.3 is 0 Å². The van der Waals surface area contributed by atoms with Crippen LogP contribution in [0.25, 0.3) is 77.2 Å². The Morgan fingerprint density at radius 3 is 1.42 bits per heavy atom. The minimum atomic E-state index is -0.427. The molecule has 0 saturated heterocycles. The van der Waals surface area contributed by atoms with Crippen molar-refractivity contribution in [3.8, 4) is 33.6 Å². The zero-order chi connectivity index (χ0) is 37.5. The van der Waals surface area contributed by atoms with Crippen molar-refractivity contribution in [1.29, 1.82) is 0 Å². The van der Waals surface area contributed by atoms with Gasteiger partial charge in [-0.15, -0.1) is 0 Å². The lowest BCUT2D eigenvalue weighted by Crippen LogP contribution is -2.28. The van der Waals surface area contributed by atoms with Gasteiger partial charge in [-0.25, -0.2) is 0 Å². The average Bonchev–Trinajstić information content (AvgIpc) is 3.91. The largest absolute Gasteiger partial charge is 0.309 e. The first-order valence-corrected chi connectivity index (χ1v) is 19.8. The second-order valence-electron chi connectivity index (χ2n) is 15.3. The predicted molar refractivity (Wildman–Crippen MR) is 238 cm³/mol. The molecule has 1 aliphatic rings. The van der Waals surface area contributed by atoms with E-state index in [-0.39, 0.29) is 0 Å². The molecule has 0 aliphatic heterocycles. The van der Waals surface area contributed by atoms with E-state index in [0.29, 0.717) is 0 Å².